The average Bonchev–Trinajstić information content (AvgIpc) is 2.86. The van der Waals surface area contributed by atoms with Gasteiger partial charge in [-0.1, -0.05) is 18.2 Å². The summed E-state index contributed by atoms with van der Waals surface area (Å²) in [5.74, 6) is 1.83. The zero-order chi connectivity index (χ0) is 23.5. The van der Waals surface area contributed by atoms with E-state index in [-0.39, 0.29) is 30.9 Å². The second kappa shape index (κ2) is 9.66. The maximum atomic E-state index is 14.0. The molecule has 1 amide bonds. The number of carbonyl (C=O) groups excluding carboxylic acids is 1. The minimum Gasteiger partial charge on any atom is -0.497 e. The Morgan fingerprint density at radius 3 is 2.44 bits per heavy atom. The lowest BCUT2D eigenvalue weighted by molar-refractivity contribution is -0.138. The van der Waals surface area contributed by atoms with E-state index in [0.717, 1.165) is 11.6 Å². The Morgan fingerprint density at radius 1 is 1.19 bits per heavy atom. The number of terminal acetylenes is 1. The highest BCUT2D eigenvalue weighted by Crippen LogP contribution is 2.44. The second-order valence-corrected chi connectivity index (χ2v) is 8.19. The van der Waals surface area contributed by atoms with Crippen molar-refractivity contribution < 1.29 is 22.7 Å². The molecule has 3 rings (SSSR count). The molecule has 0 saturated heterocycles. The van der Waals surface area contributed by atoms with Crippen LogP contribution in [0.1, 0.15) is 29.0 Å². The summed E-state index contributed by atoms with van der Waals surface area (Å²) in [6.45, 7) is 0.786. The Bertz CT molecular complexity index is 994. The summed E-state index contributed by atoms with van der Waals surface area (Å²) in [4.78, 5) is 17.1. The molecule has 7 heteroatoms. The third-order valence-corrected chi connectivity index (χ3v) is 5.89. The van der Waals surface area contributed by atoms with Crippen LogP contribution in [0.5, 0.6) is 5.75 Å². The molecule has 0 saturated carbocycles. The molecule has 1 aliphatic rings. The Morgan fingerprint density at radius 2 is 1.88 bits per heavy atom. The first-order valence-corrected chi connectivity index (χ1v) is 10.4. The van der Waals surface area contributed by atoms with Crippen LogP contribution in [0.4, 0.5) is 18.9 Å². The van der Waals surface area contributed by atoms with E-state index < -0.39 is 23.6 Å². The molecule has 1 heterocycles. The highest BCUT2D eigenvalue weighted by Gasteiger charge is 2.42. The zero-order valence-corrected chi connectivity index (χ0v) is 18.4. The first-order valence-electron chi connectivity index (χ1n) is 10.4. The molecule has 0 bridgehead atoms. The molecule has 0 radical (unpaired) electrons. The number of alkyl halides is 3. The molecule has 0 aliphatic carbocycles. The molecule has 4 nitrogen and oxygen atoms in total. The number of rotatable bonds is 6. The van der Waals surface area contributed by atoms with E-state index in [4.69, 9.17) is 11.2 Å². The monoisotopic (exact) mass is 444 g/mol. The van der Waals surface area contributed by atoms with Gasteiger partial charge in [0.05, 0.1) is 18.6 Å². The van der Waals surface area contributed by atoms with Gasteiger partial charge in [0.25, 0.3) is 0 Å². The van der Waals surface area contributed by atoms with Gasteiger partial charge in [-0.25, -0.2) is 0 Å². The van der Waals surface area contributed by atoms with Crippen LogP contribution in [0.15, 0.2) is 42.5 Å². The van der Waals surface area contributed by atoms with Crippen molar-refractivity contribution in [3.63, 3.8) is 0 Å². The molecule has 0 N–H and O–H groups in total. The summed E-state index contributed by atoms with van der Waals surface area (Å²) in [6.07, 6.45) is 1.28. The van der Waals surface area contributed by atoms with Crippen LogP contribution in [0.25, 0.3) is 0 Å². The average molecular weight is 444 g/mol. The zero-order valence-electron chi connectivity index (χ0n) is 18.4. The number of hydrogen-bond acceptors (Lipinski definition) is 3. The topological polar surface area (TPSA) is 32.8 Å². The van der Waals surface area contributed by atoms with Crippen LogP contribution in [0.3, 0.4) is 0 Å². The van der Waals surface area contributed by atoms with Crippen molar-refractivity contribution in [2.75, 3.05) is 39.2 Å². The lowest BCUT2D eigenvalue weighted by atomic mass is 9.79. The molecule has 2 aromatic carbocycles. The SMILES string of the molecule is C#CC[C@H]1C(=O)N(CCN(C)C)c2cccc(C(F)(F)F)c2C[C@H]1c1ccc(OC)cc1. The van der Waals surface area contributed by atoms with Crippen LogP contribution in [0, 0.1) is 18.3 Å². The van der Waals surface area contributed by atoms with Gasteiger partial charge >= 0.3 is 6.18 Å². The number of amides is 1. The van der Waals surface area contributed by atoms with Gasteiger partial charge in [-0.3, -0.25) is 4.79 Å². The number of methoxy groups -OCH3 is 1. The maximum Gasteiger partial charge on any atom is 0.416 e. The molecule has 0 aromatic heterocycles. The van der Waals surface area contributed by atoms with E-state index in [1.165, 1.54) is 11.0 Å². The summed E-state index contributed by atoms with van der Waals surface area (Å²) >= 11 is 0. The van der Waals surface area contributed by atoms with Crippen molar-refractivity contribution in [1.82, 2.24) is 4.90 Å². The smallest absolute Gasteiger partial charge is 0.416 e. The van der Waals surface area contributed by atoms with Crippen LogP contribution < -0.4 is 9.64 Å². The number of ether oxygens (including phenoxy) is 1. The normalized spacial score (nSPS) is 18.8. The largest absolute Gasteiger partial charge is 0.497 e. The number of nitrogens with zero attached hydrogens (tertiary/aromatic N) is 2. The second-order valence-electron chi connectivity index (χ2n) is 8.19. The predicted molar refractivity (Wildman–Crippen MR) is 119 cm³/mol. The Kier molecular flexibility index (Phi) is 7.15. The van der Waals surface area contributed by atoms with Gasteiger partial charge < -0.3 is 14.5 Å². The summed E-state index contributed by atoms with van der Waals surface area (Å²) in [5, 5.41) is 0. The fourth-order valence-corrected chi connectivity index (χ4v) is 4.25. The number of anilines is 1. The number of benzene rings is 2. The molecular weight excluding hydrogens is 417 g/mol. The minimum atomic E-state index is -4.53. The van der Waals surface area contributed by atoms with Crippen molar-refractivity contribution in [2.45, 2.75) is 24.9 Å². The van der Waals surface area contributed by atoms with E-state index in [0.29, 0.717) is 18.0 Å². The van der Waals surface area contributed by atoms with E-state index >= 15 is 0 Å². The first-order chi connectivity index (χ1) is 15.2. The fraction of sp³-hybridized carbons (Fsp3) is 0.400. The number of halogens is 3. The van der Waals surface area contributed by atoms with E-state index in [2.05, 4.69) is 5.92 Å². The van der Waals surface area contributed by atoms with Crippen molar-refractivity contribution in [1.29, 1.82) is 0 Å². The summed E-state index contributed by atoms with van der Waals surface area (Å²) in [7, 11) is 5.25. The van der Waals surface area contributed by atoms with Crippen molar-refractivity contribution in [3.8, 4) is 18.1 Å². The van der Waals surface area contributed by atoms with Gasteiger partial charge in [0, 0.05) is 31.1 Å². The van der Waals surface area contributed by atoms with Crippen LogP contribution in [-0.4, -0.2) is 45.1 Å². The molecule has 2 atom stereocenters. The highest BCUT2D eigenvalue weighted by atomic mass is 19.4. The number of carbonyl (C=O) groups is 1. The Hall–Kier alpha value is -2.98. The van der Waals surface area contributed by atoms with Gasteiger partial charge in [-0.2, -0.15) is 13.2 Å². The van der Waals surface area contributed by atoms with Gasteiger partial charge in [-0.05, 0) is 55.9 Å². The first kappa shape index (κ1) is 23.7. The van der Waals surface area contributed by atoms with Gasteiger partial charge in [0.1, 0.15) is 5.75 Å². The van der Waals surface area contributed by atoms with Crippen LogP contribution in [-0.2, 0) is 17.4 Å². The van der Waals surface area contributed by atoms with Crippen LogP contribution in [0.2, 0.25) is 0 Å². The lowest BCUT2D eigenvalue weighted by Crippen LogP contribution is -2.41. The summed E-state index contributed by atoms with van der Waals surface area (Å²) in [6, 6.07) is 11.1. The molecular formula is C25H27F3N2O2. The lowest BCUT2D eigenvalue weighted by Gasteiger charge is -2.29. The van der Waals surface area contributed by atoms with Gasteiger partial charge in [0.15, 0.2) is 0 Å². The number of likely N-dealkylation sites (N-methyl/N-ethyl adjacent to an activating group) is 1. The molecule has 0 spiro atoms. The highest BCUT2D eigenvalue weighted by molar-refractivity contribution is 5.97. The molecule has 170 valence electrons. The summed E-state index contributed by atoms with van der Waals surface area (Å²) < 4.78 is 47.1. The Labute approximate surface area is 187 Å². The van der Waals surface area contributed by atoms with Gasteiger partial charge in [0.2, 0.25) is 5.91 Å². The Balaban J connectivity index is 2.19. The third-order valence-electron chi connectivity index (χ3n) is 5.89. The molecule has 0 fully saturated rings. The van der Waals surface area contributed by atoms with Crippen molar-refractivity contribution in [3.05, 3.63) is 59.2 Å². The summed E-state index contributed by atoms with van der Waals surface area (Å²) in [5.41, 5.74) is 0.492. The van der Waals surface area contributed by atoms with Crippen LogP contribution >= 0.6 is 0 Å². The van der Waals surface area contributed by atoms with Crippen molar-refractivity contribution in [2.24, 2.45) is 5.92 Å². The maximum absolute atomic E-state index is 14.0. The molecule has 0 unspecified atom stereocenters. The molecule has 1 aliphatic heterocycles. The minimum absolute atomic E-state index is 0.0634. The molecule has 32 heavy (non-hydrogen) atoms. The molecule has 2 aromatic rings. The van der Waals surface area contributed by atoms with E-state index in [1.807, 2.05) is 19.0 Å². The number of fused-ring (bicyclic) bond motifs is 1. The fourth-order valence-electron chi connectivity index (χ4n) is 4.25. The van der Waals surface area contributed by atoms with Crippen molar-refractivity contribution >= 4 is 11.6 Å². The predicted octanol–water partition coefficient (Wildman–Crippen LogP) is 4.59. The van der Waals surface area contributed by atoms with E-state index in [1.54, 1.807) is 37.4 Å². The number of hydrogen-bond donors (Lipinski definition) is 0. The standard InChI is InChI=1S/C25H27F3N2O2/c1-5-7-19-20(17-10-12-18(32-4)13-11-17)16-21-22(25(26,27)28)8-6-9-23(21)30(24(19)31)15-14-29(2)3/h1,6,8-13,19-20H,7,14-16H2,2-4H3/t19-,20+/m1/s1. The quantitative estimate of drug-likeness (QED) is 0.611. The third kappa shape index (κ3) is 4.91. The van der Waals surface area contributed by atoms with Gasteiger partial charge in [-0.15, -0.1) is 12.3 Å². The van der Waals surface area contributed by atoms with E-state index in [9.17, 15) is 18.0 Å².